The second kappa shape index (κ2) is 5.94. The number of hydrazine groups is 1. The van der Waals surface area contributed by atoms with Crippen molar-refractivity contribution in [1.82, 2.24) is 4.98 Å². The van der Waals surface area contributed by atoms with Crippen molar-refractivity contribution in [2.24, 2.45) is 0 Å². The van der Waals surface area contributed by atoms with Gasteiger partial charge in [-0.15, -0.1) is 16.5 Å². The molecule has 0 aliphatic heterocycles. The molecule has 0 unspecified atom stereocenters. The van der Waals surface area contributed by atoms with Crippen LogP contribution >= 0.6 is 11.3 Å². The lowest BCUT2D eigenvalue weighted by atomic mass is 9.79. The average Bonchev–Trinajstić information content (AvgIpc) is 2.85. The number of anilines is 2. The highest BCUT2D eigenvalue weighted by Gasteiger charge is 2.24. The van der Waals surface area contributed by atoms with Gasteiger partial charge in [-0.05, 0) is 49.4 Å². The highest BCUT2D eigenvalue weighted by Crippen LogP contribution is 2.40. The average molecular weight is 319 g/mol. The van der Waals surface area contributed by atoms with Gasteiger partial charge in [-0.3, -0.25) is 10.6 Å². The lowest BCUT2D eigenvalue weighted by molar-refractivity contribution is 0.0696. The minimum Gasteiger partial charge on any atom is -0.478 e. The number of thiazole rings is 1. The minimum atomic E-state index is -0.942. The molecule has 1 aromatic heterocycles. The molecule has 0 spiro atoms. The minimum absolute atomic E-state index is 0.265. The molecule has 1 aliphatic carbocycles. The summed E-state index contributed by atoms with van der Waals surface area (Å²) in [6, 6.07) is 4.92. The summed E-state index contributed by atoms with van der Waals surface area (Å²) in [7, 11) is 0. The van der Waals surface area contributed by atoms with Gasteiger partial charge in [-0.2, -0.15) is 0 Å². The molecule has 0 saturated heterocycles. The summed E-state index contributed by atoms with van der Waals surface area (Å²) in [6.45, 7) is 1.86. The molecule has 0 atom stereocenters. The molecule has 0 bridgehead atoms. The number of hydrogen-bond acceptors (Lipinski definition) is 6. The van der Waals surface area contributed by atoms with E-state index in [1.54, 1.807) is 17.5 Å². The van der Waals surface area contributed by atoms with Gasteiger partial charge in [0.05, 0.1) is 16.3 Å². The Morgan fingerprint density at radius 2 is 2.23 bits per heavy atom. The molecule has 22 heavy (non-hydrogen) atoms. The molecule has 0 amide bonds. The first-order chi connectivity index (χ1) is 10.5. The molecule has 0 radical (unpaired) electrons. The highest BCUT2D eigenvalue weighted by molar-refractivity contribution is 7.09. The van der Waals surface area contributed by atoms with Crippen molar-refractivity contribution >= 4 is 28.8 Å². The van der Waals surface area contributed by atoms with E-state index in [1.165, 1.54) is 17.4 Å². The van der Waals surface area contributed by atoms with Crippen LogP contribution in [0.25, 0.3) is 0 Å². The van der Waals surface area contributed by atoms with Gasteiger partial charge in [-0.25, -0.2) is 9.78 Å². The zero-order chi connectivity index (χ0) is 15.7. The van der Waals surface area contributed by atoms with E-state index in [0.29, 0.717) is 17.4 Å². The van der Waals surface area contributed by atoms with Crippen LogP contribution in [0.3, 0.4) is 0 Å². The van der Waals surface area contributed by atoms with E-state index >= 15 is 0 Å². The van der Waals surface area contributed by atoms with E-state index in [9.17, 15) is 10.0 Å². The van der Waals surface area contributed by atoms with Crippen molar-refractivity contribution in [3.8, 4) is 0 Å². The zero-order valence-electron chi connectivity index (χ0n) is 12.1. The molecular weight excluding hydrogens is 302 g/mol. The van der Waals surface area contributed by atoms with E-state index in [2.05, 4.69) is 10.4 Å². The number of aromatic carboxylic acids is 1. The normalized spacial score (nSPS) is 14.5. The van der Waals surface area contributed by atoms with Crippen molar-refractivity contribution in [2.45, 2.75) is 32.1 Å². The summed E-state index contributed by atoms with van der Waals surface area (Å²) in [5.41, 5.74) is 4.80. The molecular formula is C15H17N3O3S. The Hall–Kier alpha value is -2.12. The van der Waals surface area contributed by atoms with Gasteiger partial charge in [0.2, 0.25) is 0 Å². The van der Waals surface area contributed by atoms with Crippen molar-refractivity contribution in [3.05, 3.63) is 39.7 Å². The van der Waals surface area contributed by atoms with Gasteiger partial charge in [0.15, 0.2) is 5.82 Å². The maximum Gasteiger partial charge on any atom is 0.335 e. The van der Waals surface area contributed by atoms with Crippen LogP contribution in [0.1, 0.15) is 46.1 Å². The van der Waals surface area contributed by atoms with Crippen LogP contribution in [0, 0.1) is 6.92 Å². The molecule has 3 N–H and O–H groups in total. The second-order valence-corrected chi connectivity index (χ2v) is 6.45. The lowest BCUT2D eigenvalue weighted by Gasteiger charge is -2.29. The van der Waals surface area contributed by atoms with Crippen LogP contribution < -0.4 is 10.6 Å². The predicted molar refractivity (Wildman–Crippen MR) is 84.7 cm³/mol. The van der Waals surface area contributed by atoms with Crippen molar-refractivity contribution in [1.29, 1.82) is 0 Å². The summed E-state index contributed by atoms with van der Waals surface area (Å²) in [6.07, 6.45) is 3.23. The first-order valence-corrected chi connectivity index (χ1v) is 7.97. The third-order valence-electron chi connectivity index (χ3n) is 3.89. The summed E-state index contributed by atoms with van der Waals surface area (Å²) < 4.78 is 0. The molecule has 7 heteroatoms. The quantitative estimate of drug-likeness (QED) is 0.730. The highest BCUT2D eigenvalue weighted by atomic mass is 32.1. The van der Waals surface area contributed by atoms with Crippen molar-refractivity contribution in [2.75, 3.05) is 10.6 Å². The van der Waals surface area contributed by atoms with Crippen molar-refractivity contribution in [3.63, 3.8) is 0 Å². The Morgan fingerprint density at radius 1 is 1.45 bits per heavy atom. The third-order valence-corrected chi connectivity index (χ3v) is 4.65. The number of carboxylic acid groups (broad SMARTS) is 1. The SMILES string of the molecule is Cc1nc(N(O)Nc2ccc(C(=O)O)cc2C2CCC2)cs1. The number of nitrogens with one attached hydrogen (secondary N) is 1. The van der Waals surface area contributed by atoms with Crippen LogP contribution in [0.15, 0.2) is 23.6 Å². The van der Waals surface area contributed by atoms with Crippen LogP contribution in [0.5, 0.6) is 0 Å². The van der Waals surface area contributed by atoms with Gasteiger partial charge in [0.25, 0.3) is 0 Å². The molecule has 1 saturated carbocycles. The van der Waals surface area contributed by atoms with Gasteiger partial charge in [0.1, 0.15) is 0 Å². The lowest BCUT2D eigenvalue weighted by Crippen LogP contribution is -2.27. The maximum atomic E-state index is 11.2. The number of hydrogen-bond donors (Lipinski definition) is 3. The Balaban J connectivity index is 1.87. The van der Waals surface area contributed by atoms with E-state index in [0.717, 1.165) is 35.0 Å². The molecule has 1 fully saturated rings. The Bertz CT molecular complexity index is 697. The fourth-order valence-electron chi connectivity index (χ4n) is 2.48. The Morgan fingerprint density at radius 3 is 2.77 bits per heavy atom. The third kappa shape index (κ3) is 2.90. The molecule has 2 aromatic rings. The van der Waals surface area contributed by atoms with Gasteiger partial charge >= 0.3 is 5.97 Å². The number of rotatable bonds is 5. The fourth-order valence-corrected chi connectivity index (χ4v) is 3.05. The van der Waals surface area contributed by atoms with E-state index in [1.807, 2.05) is 6.92 Å². The van der Waals surface area contributed by atoms with Crippen LogP contribution in [0.2, 0.25) is 0 Å². The molecule has 1 heterocycles. The van der Waals surface area contributed by atoms with Gasteiger partial charge in [-0.1, -0.05) is 6.42 Å². The zero-order valence-corrected chi connectivity index (χ0v) is 12.9. The Labute approximate surface area is 132 Å². The number of carbonyl (C=O) groups is 1. The number of benzene rings is 1. The van der Waals surface area contributed by atoms with E-state index in [4.69, 9.17) is 5.11 Å². The number of nitrogens with zero attached hydrogens (tertiary/aromatic N) is 2. The van der Waals surface area contributed by atoms with Gasteiger partial charge in [0, 0.05) is 5.38 Å². The maximum absolute atomic E-state index is 11.2. The number of aromatic nitrogens is 1. The first-order valence-electron chi connectivity index (χ1n) is 7.09. The molecule has 6 nitrogen and oxygen atoms in total. The molecule has 1 aromatic carbocycles. The summed E-state index contributed by atoms with van der Waals surface area (Å²) in [5, 5.41) is 22.7. The smallest absolute Gasteiger partial charge is 0.335 e. The summed E-state index contributed by atoms with van der Waals surface area (Å²) >= 11 is 1.45. The Kier molecular flexibility index (Phi) is 4.00. The van der Waals surface area contributed by atoms with E-state index < -0.39 is 5.97 Å². The molecule has 1 aliphatic rings. The summed E-state index contributed by atoms with van der Waals surface area (Å²) in [4.78, 5) is 15.4. The first kappa shape index (κ1) is 14.8. The van der Waals surface area contributed by atoms with Crippen LogP contribution in [-0.2, 0) is 0 Å². The molecule has 3 rings (SSSR count). The predicted octanol–water partition coefficient (Wildman–Crippen LogP) is 3.64. The largest absolute Gasteiger partial charge is 0.478 e. The van der Waals surface area contributed by atoms with Crippen molar-refractivity contribution < 1.29 is 15.1 Å². The van der Waals surface area contributed by atoms with Crippen LogP contribution in [-0.4, -0.2) is 21.3 Å². The molecule has 116 valence electrons. The van der Waals surface area contributed by atoms with E-state index in [-0.39, 0.29) is 5.56 Å². The number of aryl methyl sites for hydroxylation is 1. The second-order valence-electron chi connectivity index (χ2n) is 5.38. The van der Waals surface area contributed by atoms with Crippen LogP contribution in [0.4, 0.5) is 11.5 Å². The standard InChI is InChI=1S/C15H17N3O3S/c1-9-16-14(8-22-9)18(21)17-13-6-5-11(15(19)20)7-12(13)10-3-2-4-10/h5-8,10,17,21H,2-4H2,1H3,(H,19,20). The topological polar surface area (TPSA) is 85.7 Å². The summed E-state index contributed by atoms with van der Waals surface area (Å²) in [5.74, 6) is -0.181. The number of carboxylic acids is 1. The monoisotopic (exact) mass is 319 g/mol. The van der Waals surface area contributed by atoms with Gasteiger partial charge < -0.3 is 5.11 Å². The fraction of sp³-hybridized carbons (Fsp3) is 0.333.